The number of hydrogen-bond acceptors (Lipinski definition) is 7. The summed E-state index contributed by atoms with van der Waals surface area (Å²) in [4.78, 5) is 36.5. The van der Waals surface area contributed by atoms with Crippen molar-refractivity contribution < 1.29 is 33.7 Å². The molecule has 0 spiro atoms. The van der Waals surface area contributed by atoms with Crippen LogP contribution >= 0.6 is 0 Å². The van der Waals surface area contributed by atoms with Crippen molar-refractivity contribution in [2.75, 3.05) is 14.2 Å². The minimum Gasteiger partial charge on any atom is -0.497 e. The van der Waals surface area contributed by atoms with Crippen LogP contribution in [-0.2, 0) is 25.7 Å². The van der Waals surface area contributed by atoms with E-state index in [-0.39, 0.29) is 12.5 Å². The molecule has 9 heteroatoms. The van der Waals surface area contributed by atoms with Crippen LogP contribution in [0.1, 0.15) is 32.8 Å². The summed E-state index contributed by atoms with van der Waals surface area (Å²) in [6, 6.07) is 4.74. The highest BCUT2D eigenvalue weighted by Gasteiger charge is 2.30. The van der Waals surface area contributed by atoms with Crippen molar-refractivity contribution in [3.05, 3.63) is 29.8 Å². The molecule has 0 radical (unpaired) electrons. The molecule has 0 aliphatic rings. The van der Waals surface area contributed by atoms with Crippen molar-refractivity contribution in [2.45, 2.75) is 52.0 Å². The van der Waals surface area contributed by atoms with Crippen LogP contribution in [-0.4, -0.2) is 55.5 Å². The average molecular weight is 410 g/mol. The van der Waals surface area contributed by atoms with Crippen molar-refractivity contribution in [1.29, 1.82) is 0 Å². The van der Waals surface area contributed by atoms with Gasteiger partial charge in [0.15, 0.2) is 0 Å². The number of methoxy groups -OCH3 is 2. The van der Waals surface area contributed by atoms with E-state index in [4.69, 9.17) is 14.2 Å². The maximum Gasteiger partial charge on any atom is 0.408 e. The number of aliphatic hydroxyl groups excluding tert-OH is 1. The summed E-state index contributed by atoms with van der Waals surface area (Å²) in [6.45, 7) is 5.11. The largest absolute Gasteiger partial charge is 0.497 e. The molecule has 0 heterocycles. The number of amides is 2. The fourth-order valence-electron chi connectivity index (χ4n) is 2.53. The number of ether oxygens (including phenoxy) is 3. The molecule has 0 saturated heterocycles. The standard InChI is InChI=1S/C20H30N2O7/c1-12(2)10-16(19(25)28-5)21-18(24)17(13(3)23)22-20(26)29-11-14-6-8-15(27-4)9-7-14/h6-9,12-13,16-17,23H,10-11H2,1-5H3,(H,21,24)(H,22,26)/t13-,16+,17+/m1/s1. The Morgan fingerprint density at radius 2 is 1.66 bits per heavy atom. The number of alkyl carbamates (subject to hydrolysis) is 1. The minimum absolute atomic E-state index is 0.0257. The summed E-state index contributed by atoms with van der Waals surface area (Å²) in [5.41, 5.74) is 0.724. The first-order valence-electron chi connectivity index (χ1n) is 9.30. The first-order chi connectivity index (χ1) is 13.7. The van der Waals surface area contributed by atoms with Gasteiger partial charge in [-0.3, -0.25) is 4.79 Å². The predicted molar refractivity (Wildman–Crippen MR) is 105 cm³/mol. The minimum atomic E-state index is -1.29. The molecule has 1 rings (SSSR count). The quantitative estimate of drug-likeness (QED) is 0.498. The van der Waals surface area contributed by atoms with Crippen LogP contribution in [0.4, 0.5) is 4.79 Å². The number of nitrogens with one attached hydrogen (secondary N) is 2. The van der Waals surface area contributed by atoms with Gasteiger partial charge in [0.25, 0.3) is 0 Å². The molecule has 2 amide bonds. The maximum atomic E-state index is 12.5. The second kappa shape index (κ2) is 11.9. The predicted octanol–water partition coefficient (Wildman–Crippen LogP) is 1.37. The monoisotopic (exact) mass is 410 g/mol. The Morgan fingerprint density at radius 3 is 2.14 bits per heavy atom. The fourth-order valence-corrected chi connectivity index (χ4v) is 2.53. The van der Waals surface area contributed by atoms with Gasteiger partial charge >= 0.3 is 12.1 Å². The molecule has 162 valence electrons. The highest BCUT2D eigenvalue weighted by atomic mass is 16.5. The van der Waals surface area contributed by atoms with E-state index in [2.05, 4.69) is 10.6 Å². The lowest BCUT2D eigenvalue weighted by molar-refractivity contribution is -0.146. The maximum absolute atomic E-state index is 12.5. The highest BCUT2D eigenvalue weighted by molar-refractivity contribution is 5.90. The number of benzene rings is 1. The lowest BCUT2D eigenvalue weighted by Gasteiger charge is -2.24. The second-order valence-corrected chi connectivity index (χ2v) is 7.00. The number of hydrogen-bond donors (Lipinski definition) is 3. The van der Waals surface area contributed by atoms with Crippen molar-refractivity contribution in [3.8, 4) is 5.75 Å². The lowest BCUT2D eigenvalue weighted by atomic mass is 10.0. The molecular weight excluding hydrogens is 380 g/mol. The number of carbonyl (C=O) groups is 3. The topological polar surface area (TPSA) is 123 Å². The SMILES string of the molecule is COC(=O)[C@H](CC(C)C)NC(=O)[C@@H](NC(=O)OCc1ccc(OC)cc1)[C@@H](C)O. The van der Waals surface area contributed by atoms with Gasteiger partial charge in [0.1, 0.15) is 24.4 Å². The third-order valence-corrected chi connectivity index (χ3v) is 4.08. The van der Waals surface area contributed by atoms with Crippen LogP contribution in [0.15, 0.2) is 24.3 Å². The normalized spacial score (nSPS) is 13.8. The molecule has 3 N–H and O–H groups in total. The number of aliphatic hydroxyl groups is 1. The van der Waals surface area contributed by atoms with Crippen LogP contribution in [0.5, 0.6) is 5.75 Å². The van der Waals surface area contributed by atoms with Gasteiger partial charge in [-0.15, -0.1) is 0 Å². The highest BCUT2D eigenvalue weighted by Crippen LogP contribution is 2.12. The van der Waals surface area contributed by atoms with Gasteiger partial charge in [-0.05, 0) is 37.0 Å². The molecule has 0 bridgehead atoms. The van der Waals surface area contributed by atoms with Crippen LogP contribution in [0.25, 0.3) is 0 Å². The Labute approximate surface area is 170 Å². The van der Waals surface area contributed by atoms with Crippen molar-refractivity contribution >= 4 is 18.0 Å². The van der Waals surface area contributed by atoms with E-state index in [0.29, 0.717) is 12.2 Å². The summed E-state index contributed by atoms with van der Waals surface area (Å²) in [5, 5.41) is 14.7. The summed E-state index contributed by atoms with van der Waals surface area (Å²) in [6.07, 6.45) is -1.73. The van der Waals surface area contributed by atoms with Gasteiger partial charge in [-0.2, -0.15) is 0 Å². The van der Waals surface area contributed by atoms with Crippen molar-refractivity contribution in [1.82, 2.24) is 10.6 Å². The van der Waals surface area contributed by atoms with E-state index in [1.54, 1.807) is 31.4 Å². The van der Waals surface area contributed by atoms with Crippen LogP contribution in [0.2, 0.25) is 0 Å². The number of rotatable bonds is 10. The number of esters is 1. The Bertz CT molecular complexity index is 674. The zero-order chi connectivity index (χ0) is 22.0. The van der Waals surface area contributed by atoms with Crippen molar-refractivity contribution in [2.24, 2.45) is 5.92 Å². The number of carbonyl (C=O) groups excluding carboxylic acids is 3. The summed E-state index contributed by atoms with van der Waals surface area (Å²) in [5.74, 6) is -0.520. The average Bonchev–Trinajstić information content (AvgIpc) is 2.68. The Kier molecular flexibility index (Phi) is 9.94. The first-order valence-corrected chi connectivity index (χ1v) is 9.30. The summed E-state index contributed by atoms with van der Waals surface area (Å²) >= 11 is 0. The first kappa shape index (κ1) is 24.2. The third kappa shape index (κ3) is 8.39. The van der Waals surface area contributed by atoms with E-state index in [0.717, 1.165) is 5.56 Å². The Hall–Kier alpha value is -2.81. The molecule has 3 atom stereocenters. The summed E-state index contributed by atoms with van der Waals surface area (Å²) < 4.78 is 14.9. The molecule has 29 heavy (non-hydrogen) atoms. The molecule has 0 aliphatic heterocycles. The zero-order valence-corrected chi connectivity index (χ0v) is 17.4. The Balaban J connectivity index is 2.68. The lowest BCUT2D eigenvalue weighted by Crippen LogP contribution is -2.56. The third-order valence-electron chi connectivity index (χ3n) is 4.08. The molecule has 9 nitrogen and oxygen atoms in total. The van der Waals surface area contributed by atoms with Gasteiger partial charge in [0.2, 0.25) is 5.91 Å². The molecule has 1 aromatic carbocycles. The van der Waals surface area contributed by atoms with Gasteiger partial charge in [0, 0.05) is 0 Å². The van der Waals surface area contributed by atoms with Gasteiger partial charge < -0.3 is 30.0 Å². The Morgan fingerprint density at radius 1 is 1.03 bits per heavy atom. The van der Waals surface area contributed by atoms with Crippen LogP contribution in [0.3, 0.4) is 0 Å². The van der Waals surface area contributed by atoms with E-state index in [9.17, 15) is 19.5 Å². The summed E-state index contributed by atoms with van der Waals surface area (Å²) in [7, 11) is 2.77. The van der Waals surface area contributed by atoms with E-state index in [1.165, 1.54) is 14.0 Å². The zero-order valence-electron chi connectivity index (χ0n) is 17.4. The van der Waals surface area contributed by atoms with Gasteiger partial charge in [0.05, 0.1) is 20.3 Å². The second-order valence-electron chi connectivity index (χ2n) is 7.00. The van der Waals surface area contributed by atoms with Gasteiger partial charge in [-0.1, -0.05) is 26.0 Å². The molecule has 0 unspecified atom stereocenters. The van der Waals surface area contributed by atoms with Crippen LogP contribution < -0.4 is 15.4 Å². The fraction of sp³-hybridized carbons (Fsp3) is 0.550. The van der Waals surface area contributed by atoms with E-state index in [1.807, 2.05) is 13.8 Å². The molecule has 1 aromatic rings. The van der Waals surface area contributed by atoms with E-state index < -0.39 is 36.2 Å². The molecule has 0 aliphatic carbocycles. The smallest absolute Gasteiger partial charge is 0.408 e. The molecular formula is C20H30N2O7. The van der Waals surface area contributed by atoms with Crippen molar-refractivity contribution in [3.63, 3.8) is 0 Å². The van der Waals surface area contributed by atoms with E-state index >= 15 is 0 Å². The van der Waals surface area contributed by atoms with Crippen LogP contribution in [0, 0.1) is 5.92 Å². The molecule has 0 aromatic heterocycles. The molecule has 0 saturated carbocycles. The molecule has 0 fully saturated rings. The van der Waals surface area contributed by atoms with Gasteiger partial charge in [-0.25, -0.2) is 9.59 Å².